The van der Waals surface area contributed by atoms with Crippen LogP contribution in [0, 0.1) is 17.5 Å². The molecule has 3 nitrogen and oxygen atoms in total. The van der Waals surface area contributed by atoms with Crippen molar-refractivity contribution in [2.24, 2.45) is 0 Å². The molecule has 0 aliphatic heterocycles. The second kappa shape index (κ2) is 5.21. The van der Waals surface area contributed by atoms with Crippen molar-refractivity contribution in [3.05, 3.63) is 65.2 Å². The predicted molar refractivity (Wildman–Crippen MR) is 71.3 cm³/mol. The Hall–Kier alpha value is -2.34. The van der Waals surface area contributed by atoms with E-state index in [1.165, 1.54) is 19.2 Å². The van der Waals surface area contributed by atoms with Crippen molar-refractivity contribution in [2.75, 3.05) is 7.11 Å². The first kappa shape index (κ1) is 13.6. The summed E-state index contributed by atoms with van der Waals surface area (Å²) in [5.41, 5.74) is 1.35. The van der Waals surface area contributed by atoms with Crippen molar-refractivity contribution >= 4 is 11.0 Å². The number of rotatable bonds is 3. The minimum atomic E-state index is -0.962. The Kier molecular flexibility index (Phi) is 3.39. The molecule has 0 amide bonds. The van der Waals surface area contributed by atoms with Crippen molar-refractivity contribution in [1.29, 1.82) is 0 Å². The van der Waals surface area contributed by atoms with Crippen molar-refractivity contribution in [2.45, 2.75) is 6.10 Å². The highest BCUT2D eigenvalue weighted by Gasteiger charge is 2.18. The van der Waals surface area contributed by atoms with E-state index in [2.05, 4.69) is 9.97 Å². The highest BCUT2D eigenvalue weighted by atomic mass is 19.2. The number of fused-ring (bicyclic) bond motifs is 1. The van der Waals surface area contributed by atoms with Gasteiger partial charge >= 0.3 is 0 Å². The summed E-state index contributed by atoms with van der Waals surface area (Å²) in [5, 5.41) is 0. The van der Waals surface area contributed by atoms with E-state index < -0.39 is 17.7 Å². The highest BCUT2D eigenvalue weighted by molar-refractivity contribution is 5.75. The minimum absolute atomic E-state index is 0.299. The Morgan fingerprint density at radius 2 is 1.71 bits per heavy atom. The molecule has 0 aliphatic carbocycles. The summed E-state index contributed by atoms with van der Waals surface area (Å²) in [5.74, 6) is -1.88. The van der Waals surface area contributed by atoms with E-state index in [4.69, 9.17) is 4.74 Å². The van der Waals surface area contributed by atoms with Crippen LogP contribution in [0.25, 0.3) is 11.0 Å². The first-order chi connectivity index (χ1) is 10.1. The van der Waals surface area contributed by atoms with E-state index >= 15 is 0 Å². The first-order valence-electron chi connectivity index (χ1n) is 6.21. The molecule has 0 fully saturated rings. The topological polar surface area (TPSA) is 37.9 Å². The monoisotopic (exact) mass is 292 g/mol. The lowest BCUT2D eigenvalue weighted by Gasteiger charge is -2.12. The summed E-state index contributed by atoms with van der Waals surface area (Å²) in [6, 6.07) is 7.81. The molecule has 0 spiro atoms. The number of hydrogen-bond donors (Lipinski definition) is 1. The van der Waals surface area contributed by atoms with E-state index in [1.54, 1.807) is 12.1 Å². The van der Waals surface area contributed by atoms with Crippen LogP contribution in [0.1, 0.15) is 17.5 Å². The third-order valence-electron chi connectivity index (χ3n) is 3.20. The van der Waals surface area contributed by atoms with Crippen molar-refractivity contribution in [1.82, 2.24) is 9.97 Å². The molecule has 0 aliphatic rings. The SMILES string of the molecule is COC(c1ccc(F)cc1)c1nc2cc(F)c(F)cc2[nH]1. The second-order valence-corrected chi connectivity index (χ2v) is 4.57. The quantitative estimate of drug-likeness (QED) is 0.799. The zero-order valence-electron chi connectivity index (χ0n) is 11.0. The average molecular weight is 292 g/mol. The number of H-pyrrole nitrogens is 1. The molecule has 0 bridgehead atoms. The maximum absolute atomic E-state index is 13.2. The van der Waals surface area contributed by atoms with Gasteiger partial charge in [0.05, 0.1) is 11.0 Å². The highest BCUT2D eigenvalue weighted by Crippen LogP contribution is 2.26. The number of benzene rings is 2. The van der Waals surface area contributed by atoms with Crippen molar-refractivity contribution in [3.63, 3.8) is 0 Å². The van der Waals surface area contributed by atoms with Crippen LogP contribution in [0.4, 0.5) is 13.2 Å². The number of methoxy groups -OCH3 is 1. The Balaban J connectivity index is 2.06. The summed E-state index contributed by atoms with van der Waals surface area (Å²) in [7, 11) is 1.47. The number of halogens is 3. The van der Waals surface area contributed by atoms with Gasteiger partial charge < -0.3 is 9.72 Å². The third kappa shape index (κ3) is 2.50. The number of hydrogen-bond acceptors (Lipinski definition) is 2. The summed E-state index contributed by atoms with van der Waals surface area (Å²) in [6.45, 7) is 0. The molecule has 1 N–H and O–H groups in total. The van der Waals surface area contributed by atoms with E-state index in [1.807, 2.05) is 0 Å². The zero-order valence-corrected chi connectivity index (χ0v) is 11.0. The number of imidazole rings is 1. The van der Waals surface area contributed by atoms with Crippen LogP contribution >= 0.6 is 0 Å². The molecular formula is C15H11F3N2O. The van der Waals surface area contributed by atoms with Gasteiger partial charge in [0.25, 0.3) is 0 Å². The van der Waals surface area contributed by atoms with E-state index in [9.17, 15) is 13.2 Å². The minimum Gasteiger partial charge on any atom is -0.369 e. The van der Waals surface area contributed by atoms with Gasteiger partial charge in [-0.2, -0.15) is 0 Å². The lowest BCUT2D eigenvalue weighted by atomic mass is 10.1. The van der Waals surface area contributed by atoms with Crippen LogP contribution in [-0.4, -0.2) is 17.1 Å². The zero-order chi connectivity index (χ0) is 15.0. The molecule has 1 heterocycles. The standard InChI is InChI=1S/C15H11F3N2O/c1-21-14(8-2-4-9(16)5-3-8)15-19-12-6-10(17)11(18)7-13(12)20-15/h2-7,14H,1H3,(H,19,20). The molecule has 1 unspecified atom stereocenters. The largest absolute Gasteiger partial charge is 0.369 e. The Morgan fingerprint density at radius 1 is 1.05 bits per heavy atom. The van der Waals surface area contributed by atoms with Crippen LogP contribution in [0.15, 0.2) is 36.4 Å². The smallest absolute Gasteiger partial charge is 0.161 e. The molecule has 1 aromatic heterocycles. The van der Waals surface area contributed by atoms with E-state index in [-0.39, 0.29) is 5.82 Å². The van der Waals surface area contributed by atoms with Gasteiger partial charge in [-0.15, -0.1) is 0 Å². The fraction of sp³-hybridized carbons (Fsp3) is 0.133. The summed E-state index contributed by atoms with van der Waals surface area (Å²) >= 11 is 0. The molecule has 2 aromatic carbocycles. The Bertz CT molecular complexity index is 744. The van der Waals surface area contributed by atoms with Gasteiger partial charge in [-0.1, -0.05) is 12.1 Å². The lowest BCUT2D eigenvalue weighted by molar-refractivity contribution is 0.130. The van der Waals surface area contributed by atoms with Crippen molar-refractivity contribution < 1.29 is 17.9 Å². The molecule has 108 valence electrons. The predicted octanol–water partition coefficient (Wildman–Crippen LogP) is 3.72. The number of nitrogens with zero attached hydrogens (tertiary/aromatic N) is 1. The van der Waals surface area contributed by atoms with Gasteiger partial charge in [0.15, 0.2) is 11.6 Å². The number of aromatic amines is 1. The first-order valence-corrected chi connectivity index (χ1v) is 6.21. The third-order valence-corrected chi connectivity index (χ3v) is 3.20. The number of aromatic nitrogens is 2. The lowest BCUT2D eigenvalue weighted by Crippen LogP contribution is -2.05. The van der Waals surface area contributed by atoms with Gasteiger partial charge in [0, 0.05) is 19.2 Å². The van der Waals surface area contributed by atoms with Crippen LogP contribution in [0.3, 0.4) is 0 Å². The molecule has 6 heteroatoms. The fourth-order valence-electron chi connectivity index (χ4n) is 2.19. The molecular weight excluding hydrogens is 281 g/mol. The Morgan fingerprint density at radius 3 is 2.38 bits per heavy atom. The van der Waals surface area contributed by atoms with Crippen LogP contribution in [0.2, 0.25) is 0 Å². The second-order valence-electron chi connectivity index (χ2n) is 4.57. The average Bonchev–Trinajstić information content (AvgIpc) is 2.85. The van der Waals surface area contributed by atoms with Gasteiger partial charge in [-0.25, -0.2) is 18.2 Å². The number of nitrogens with one attached hydrogen (secondary N) is 1. The van der Waals surface area contributed by atoms with Crippen LogP contribution < -0.4 is 0 Å². The molecule has 0 radical (unpaired) electrons. The fourth-order valence-corrected chi connectivity index (χ4v) is 2.19. The van der Waals surface area contributed by atoms with Crippen LogP contribution in [0.5, 0.6) is 0 Å². The van der Waals surface area contributed by atoms with Gasteiger partial charge in [-0.05, 0) is 17.7 Å². The molecule has 3 aromatic rings. The molecule has 21 heavy (non-hydrogen) atoms. The summed E-state index contributed by atoms with van der Waals surface area (Å²) in [4.78, 5) is 7.09. The van der Waals surface area contributed by atoms with Crippen molar-refractivity contribution in [3.8, 4) is 0 Å². The molecule has 3 rings (SSSR count). The Labute approximate surface area is 118 Å². The van der Waals surface area contributed by atoms with E-state index in [0.717, 1.165) is 12.1 Å². The van der Waals surface area contributed by atoms with Gasteiger partial charge in [0.2, 0.25) is 0 Å². The maximum Gasteiger partial charge on any atom is 0.161 e. The maximum atomic E-state index is 13.2. The molecule has 0 saturated carbocycles. The summed E-state index contributed by atoms with van der Waals surface area (Å²) < 4.78 is 44.7. The van der Waals surface area contributed by atoms with E-state index in [0.29, 0.717) is 22.4 Å². The molecule has 1 atom stereocenters. The van der Waals surface area contributed by atoms with Gasteiger partial charge in [0.1, 0.15) is 17.7 Å². The number of ether oxygens (including phenoxy) is 1. The summed E-state index contributed by atoms with van der Waals surface area (Å²) in [6.07, 6.45) is -0.580. The van der Waals surface area contributed by atoms with Crippen LogP contribution in [-0.2, 0) is 4.74 Å². The normalized spacial score (nSPS) is 12.8. The molecule has 0 saturated heterocycles. The van der Waals surface area contributed by atoms with Gasteiger partial charge in [-0.3, -0.25) is 0 Å².